The number of hydrogen-bond donors (Lipinski definition) is 2. The average molecular weight is 593 g/mol. The number of carbonyl (C=O) groups excluding carboxylic acids is 2. The minimum atomic E-state index is -0.459. The Bertz CT molecular complexity index is 1240. The van der Waals surface area contributed by atoms with Gasteiger partial charge >= 0.3 is 0 Å². The van der Waals surface area contributed by atoms with Crippen LogP contribution in [0.1, 0.15) is 44.6 Å². The van der Waals surface area contributed by atoms with E-state index in [2.05, 4.69) is 71.3 Å². The van der Waals surface area contributed by atoms with Crippen molar-refractivity contribution in [1.29, 1.82) is 5.26 Å². The molecule has 5 aliphatic rings. The number of amides is 1. The number of benzene rings is 1. The minimum absolute atomic E-state index is 0.0616. The second kappa shape index (κ2) is 12.4. The number of thioether (sulfide) groups is 1. The van der Waals surface area contributed by atoms with Gasteiger partial charge in [-0.05, 0) is 69.3 Å². The molecule has 2 N–H and O–H groups in total. The molecule has 1 saturated carbocycles. The highest BCUT2D eigenvalue weighted by atomic mass is 32.2. The summed E-state index contributed by atoms with van der Waals surface area (Å²) in [7, 11) is 2.15. The second-order valence-electron chi connectivity index (χ2n) is 12.8. The molecule has 42 heavy (non-hydrogen) atoms. The monoisotopic (exact) mass is 592 g/mol. The molecule has 7 unspecified atom stereocenters. The van der Waals surface area contributed by atoms with Crippen molar-refractivity contribution >= 4 is 23.5 Å². The van der Waals surface area contributed by atoms with E-state index in [1.165, 1.54) is 23.0 Å². The van der Waals surface area contributed by atoms with Crippen LogP contribution in [-0.4, -0.2) is 102 Å². The molecule has 1 aliphatic carbocycles. The van der Waals surface area contributed by atoms with Crippen molar-refractivity contribution in [1.82, 2.24) is 25.3 Å². The van der Waals surface area contributed by atoms with Crippen molar-refractivity contribution in [3.05, 3.63) is 42.5 Å². The molecule has 0 bridgehead atoms. The molecule has 9 nitrogen and oxygen atoms in total. The van der Waals surface area contributed by atoms with Crippen LogP contribution in [0.5, 0.6) is 0 Å². The lowest BCUT2D eigenvalue weighted by atomic mass is 9.68. The van der Waals surface area contributed by atoms with Crippen molar-refractivity contribution < 1.29 is 14.3 Å². The Labute approximate surface area is 254 Å². The molecule has 8 atom stereocenters. The number of hydrogen-bond acceptors (Lipinski definition) is 9. The number of nitrogens with zero attached hydrogens (tertiary/aromatic N) is 4. The van der Waals surface area contributed by atoms with Crippen molar-refractivity contribution in [2.24, 2.45) is 11.8 Å². The predicted molar refractivity (Wildman–Crippen MR) is 162 cm³/mol. The summed E-state index contributed by atoms with van der Waals surface area (Å²) in [6.07, 6.45) is 6.00. The summed E-state index contributed by atoms with van der Waals surface area (Å²) in [5, 5.41) is 16.9. The SMILES string of the molecule is C=CC(=O)N1CCN(C2NC(OCC3CCCN3C)NC3C(=O)[C@@]4(CCC32)Sc2ccccc2CC4C)CC1CC#N. The van der Waals surface area contributed by atoms with Gasteiger partial charge in [-0.15, -0.1) is 11.8 Å². The highest BCUT2D eigenvalue weighted by molar-refractivity contribution is 8.01. The standard InChI is InChI=1S/C32H44N6O3S/c1-4-27(39)38-17-16-37(19-23(38)12-14-33)30-25-11-13-32(21(2)18-22-8-5-6-10-26(22)42-32)29(40)28(25)34-31(35-30)41-20-24-9-7-15-36(24)3/h4-6,8,10,21,23-25,28,30-31,34-35H,1,7,9,11-13,15-20H2,2-3H3/t21?,23?,24?,25?,28?,30?,31?,32-/m0/s1. The summed E-state index contributed by atoms with van der Waals surface area (Å²) in [6.45, 7) is 9.35. The maximum absolute atomic E-state index is 14.7. The predicted octanol–water partition coefficient (Wildman–Crippen LogP) is 2.58. The number of ether oxygens (including phenoxy) is 1. The number of ketones is 1. The summed E-state index contributed by atoms with van der Waals surface area (Å²) in [6, 6.07) is 10.6. The van der Waals surface area contributed by atoms with Gasteiger partial charge in [0.25, 0.3) is 0 Å². The Morgan fingerprint density at radius 3 is 2.83 bits per heavy atom. The first-order valence-electron chi connectivity index (χ1n) is 15.5. The van der Waals surface area contributed by atoms with E-state index in [9.17, 15) is 14.9 Å². The van der Waals surface area contributed by atoms with Gasteiger partial charge < -0.3 is 14.5 Å². The first kappa shape index (κ1) is 29.8. The maximum Gasteiger partial charge on any atom is 0.246 e. The normalized spacial score (nSPS) is 37.2. The van der Waals surface area contributed by atoms with Gasteiger partial charge in [0, 0.05) is 36.5 Å². The van der Waals surface area contributed by atoms with Gasteiger partial charge in [-0.2, -0.15) is 5.26 Å². The first-order chi connectivity index (χ1) is 20.3. The van der Waals surface area contributed by atoms with E-state index in [0.29, 0.717) is 32.3 Å². The Hall–Kier alpha value is -2.26. The van der Waals surface area contributed by atoms with Crippen molar-refractivity contribution in [3.63, 3.8) is 0 Å². The Morgan fingerprint density at radius 2 is 2.07 bits per heavy atom. The molecular formula is C32H44N6O3S. The summed E-state index contributed by atoms with van der Waals surface area (Å²) in [5.41, 5.74) is 1.34. The van der Waals surface area contributed by atoms with Gasteiger partial charge in [0.05, 0.1) is 42.1 Å². The number of likely N-dealkylation sites (N-methyl/N-ethyl adjacent to an activating group) is 1. The molecule has 1 spiro atoms. The van der Waals surface area contributed by atoms with E-state index >= 15 is 0 Å². The highest BCUT2D eigenvalue weighted by Gasteiger charge is 2.58. The van der Waals surface area contributed by atoms with Gasteiger partial charge in [0.1, 0.15) is 0 Å². The minimum Gasteiger partial charge on any atom is -0.348 e. The van der Waals surface area contributed by atoms with Crippen LogP contribution in [0.3, 0.4) is 0 Å². The summed E-state index contributed by atoms with van der Waals surface area (Å²) in [5.74, 6) is 0.455. The molecule has 1 amide bonds. The molecule has 1 aromatic carbocycles. The average Bonchev–Trinajstić information content (AvgIpc) is 3.42. The topological polar surface area (TPSA) is 101 Å². The van der Waals surface area contributed by atoms with Gasteiger partial charge in [-0.3, -0.25) is 25.1 Å². The van der Waals surface area contributed by atoms with E-state index in [-0.39, 0.29) is 48.2 Å². The van der Waals surface area contributed by atoms with Crippen LogP contribution in [0.4, 0.5) is 0 Å². The molecular weight excluding hydrogens is 548 g/mol. The molecule has 0 radical (unpaired) electrons. The fraction of sp³-hybridized carbons (Fsp3) is 0.656. The summed E-state index contributed by atoms with van der Waals surface area (Å²) in [4.78, 5) is 35.0. The van der Waals surface area contributed by atoms with E-state index in [1.807, 2.05) is 0 Å². The lowest BCUT2D eigenvalue weighted by Gasteiger charge is -2.56. The first-order valence-corrected chi connectivity index (χ1v) is 16.4. The lowest BCUT2D eigenvalue weighted by Crippen LogP contribution is -2.75. The van der Waals surface area contributed by atoms with E-state index < -0.39 is 11.1 Å². The highest BCUT2D eigenvalue weighted by Crippen LogP contribution is 2.53. The van der Waals surface area contributed by atoms with Crippen molar-refractivity contribution in [3.8, 4) is 6.07 Å². The lowest BCUT2D eigenvalue weighted by molar-refractivity contribution is -0.146. The third-order valence-corrected chi connectivity index (χ3v) is 12.2. The van der Waals surface area contributed by atoms with Crippen LogP contribution in [0.2, 0.25) is 0 Å². The smallest absolute Gasteiger partial charge is 0.246 e. The Morgan fingerprint density at radius 1 is 1.24 bits per heavy atom. The summed E-state index contributed by atoms with van der Waals surface area (Å²) >= 11 is 1.78. The molecule has 0 aromatic heterocycles. The molecule has 10 heteroatoms. The molecule has 4 aliphatic heterocycles. The van der Waals surface area contributed by atoms with Gasteiger partial charge in [0.15, 0.2) is 12.1 Å². The number of likely N-dealkylation sites (tertiary alicyclic amines) is 1. The quantitative estimate of drug-likeness (QED) is 0.483. The van der Waals surface area contributed by atoms with Crippen LogP contribution in [0, 0.1) is 23.2 Å². The zero-order valence-electron chi connectivity index (χ0n) is 24.8. The van der Waals surface area contributed by atoms with Crippen LogP contribution in [-0.2, 0) is 20.7 Å². The number of piperazine rings is 1. The fourth-order valence-electron chi connectivity index (χ4n) is 8.00. The Balaban J connectivity index is 1.26. The number of Topliss-reactive ketones (excluding diaryl/α,β-unsaturated/α-hetero) is 1. The molecule has 3 saturated heterocycles. The van der Waals surface area contributed by atoms with Crippen molar-refractivity contribution in [2.75, 3.05) is 39.8 Å². The molecule has 226 valence electrons. The second-order valence-corrected chi connectivity index (χ2v) is 14.1. The zero-order chi connectivity index (χ0) is 29.4. The maximum atomic E-state index is 14.7. The van der Waals surface area contributed by atoms with Crippen molar-refractivity contribution in [2.45, 2.75) is 85.7 Å². The van der Waals surface area contributed by atoms with Gasteiger partial charge in [-0.1, -0.05) is 31.7 Å². The van der Waals surface area contributed by atoms with Crippen LogP contribution in [0.25, 0.3) is 0 Å². The van der Waals surface area contributed by atoms with Crippen LogP contribution < -0.4 is 10.6 Å². The van der Waals surface area contributed by atoms with Gasteiger partial charge in [-0.25, -0.2) is 0 Å². The molecule has 4 heterocycles. The molecule has 6 rings (SSSR count). The fourth-order valence-corrected chi connectivity index (χ4v) is 9.55. The number of fused-ring (bicyclic) bond motifs is 2. The molecule has 1 aromatic rings. The van der Waals surface area contributed by atoms with E-state index in [0.717, 1.165) is 32.2 Å². The molecule has 4 fully saturated rings. The summed E-state index contributed by atoms with van der Waals surface area (Å²) < 4.78 is 6.03. The zero-order valence-corrected chi connectivity index (χ0v) is 25.7. The van der Waals surface area contributed by atoms with E-state index in [4.69, 9.17) is 4.74 Å². The van der Waals surface area contributed by atoms with E-state index in [1.54, 1.807) is 16.7 Å². The number of nitrogens with one attached hydrogen (secondary N) is 2. The number of carbonyl (C=O) groups is 2. The largest absolute Gasteiger partial charge is 0.348 e. The van der Waals surface area contributed by atoms with Gasteiger partial charge in [0.2, 0.25) is 5.91 Å². The number of nitriles is 1. The third kappa shape index (κ3) is 5.44. The number of rotatable bonds is 6. The Kier molecular flexibility index (Phi) is 8.79. The van der Waals surface area contributed by atoms with Crippen LogP contribution in [0.15, 0.2) is 41.8 Å². The third-order valence-electron chi connectivity index (χ3n) is 10.4. The van der Waals surface area contributed by atoms with Crippen LogP contribution >= 0.6 is 11.8 Å².